The number of aromatic nitrogens is 1. The molecule has 0 bridgehead atoms. The van der Waals surface area contributed by atoms with Gasteiger partial charge in [-0.1, -0.05) is 44.2 Å². The third-order valence-corrected chi connectivity index (χ3v) is 15.1. The molecule has 1 saturated heterocycles. The Balaban J connectivity index is 1.30. The molecule has 0 unspecified atom stereocenters. The molecule has 3 N–H and O–H groups in total. The maximum absolute atomic E-state index is 15.1. The lowest BCUT2D eigenvalue weighted by Crippen LogP contribution is -2.66. The molecule has 3 aliphatic heterocycles. The Morgan fingerprint density at radius 2 is 1.83 bits per heavy atom. The van der Waals surface area contributed by atoms with Crippen molar-refractivity contribution in [1.82, 2.24) is 24.8 Å². The zero-order valence-electron chi connectivity index (χ0n) is 33.9. The van der Waals surface area contributed by atoms with Crippen LogP contribution in [0.3, 0.4) is 0 Å². The lowest BCUT2D eigenvalue weighted by Gasteiger charge is -2.45. The van der Waals surface area contributed by atoms with Crippen molar-refractivity contribution in [2.24, 2.45) is 17.8 Å². The Morgan fingerprint density at radius 3 is 2.48 bits per heavy atom. The van der Waals surface area contributed by atoms with Crippen molar-refractivity contribution in [2.45, 2.75) is 126 Å². The highest BCUT2D eigenvalue weighted by molar-refractivity contribution is 7.91. The van der Waals surface area contributed by atoms with Crippen LogP contribution in [0.15, 0.2) is 36.4 Å². The first-order valence-corrected chi connectivity index (χ1v) is 21.9. The first-order valence-electron chi connectivity index (χ1n) is 20.4. The Hall–Kier alpha value is -4.68. The molecule has 0 spiro atoms. The number of alkyl halides is 4. The van der Waals surface area contributed by atoms with E-state index in [9.17, 15) is 45.5 Å². The quantitative estimate of drug-likeness (QED) is 0.228. The van der Waals surface area contributed by atoms with Gasteiger partial charge in [-0.3, -0.25) is 24.0 Å². The molecular formula is C41H51F4N5O9S. The van der Waals surface area contributed by atoms with Crippen molar-refractivity contribution in [2.75, 3.05) is 19.8 Å². The summed E-state index contributed by atoms with van der Waals surface area (Å²) in [6.07, 6.45) is -2.48. The summed E-state index contributed by atoms with van der Waals surface area (Å²) in [5.74, 6) is -4.54. The normalized spacial score (nSPS) is 29.4. The number of benzene rings is 1. The van der Waals surface area contributed by atoms with Gasteiger partial charge in [0.2, 0.25) is 33.6 Å². The van der Waals surface area contributed by atoms with Crippen molar-refractivity contribution >= 4 is 44.6 Å². The van der Waals surface area contributed by atoms with Crippen LogP contribution in [0, 0.1) is 17.8 Å². The number of nitrogens with zero attached hydrogens (tertiary/aromatic N) is 3. The minimum absolute atomic E-state index is 0.00606. The molecule has 4 amide bonds. The van der Waals surface area contributed by atoms with Gasteiger partial charge in [-0.2, -0.15) is 18.2 Å². The van der Waals surface area contributed by atoms with Gasteiger partial charge < -0.3 is 24.8 Å². The van der Waals surface area contributed by atoms with E-state index in [4.69, 9.17) is 9.47 Å². The molecule has 1 aromatic carbocycles. The molecule has 19 heteroatoms. The summed E-state index contributed by atoms with van der Waals surface area (Å²) in [6.45, 7) is 3.51. The number of carbonyl (C=O) groups excluding carboxylic acids is 3. The zero-order chi connectivity index (χ0) is 43.6. The number of sulfonamides is 1. The summed E-state index contributed by atoms with van der Waals surface area (Å²) in [5.41, 5.74) is -4.02. The fourth-order valence-electron chi connectivity index (χ4n) is 9.03. The highest BCUT2D eigenvalue weighted by Gasteiger charge is 2.64. The summed E-state index contributed by atoms with van der Waals surface area (Å²) in [6, 6.07) is 3.83. The lowest BCUT2D eigenvalue weighted by molar-refractivity contribution is -0.222. The molecule has 1 aromatic heterocycles. The van der Waals surface area contributed by atoms with Gasteiger partial charge in [0.15, 0.2) is 0 Å². The van der Waals surface area contributed by atoms with Crippen molar-refractivity contribution in [1.29, 1.82) is 0 Å². The highest BCUT2D eigenvalue weighted by Crippen LogP contribution is 2.48. The molecule has 0 radical (unpaired) electrons. The largest absolute Gasteiger partial charge is 0.477 e. The van der Waals surface area contributed by atoms with Crippen LogP contribution in [0.25, 0.3) is 10.8 Å². The van der Waals surface area contributed by atoms with Gasteiger partial charge in [-0.05, 0) is 88.5 Å². The first-order chi connectivity index (χ1) is 28.2. The minimum Gasteiger partial charge on any atom is -0.477 e. The molecular weight excluding hydrogens is 815 g/mol. The maximum atomic E-state index is 15.1. The molecule has 2 aromatic rings. The van der Waals surface area contributed by atoms with E-state index < -0.39 is 92.5 Å². The zero-order valence-corrected chi connectivity index (χ0v) is 34.7. The molecule has 60 heavy (non-hydrogen) atoms. The van der Waals surface area contributed by atoms with E-state index in [1.54, 1.807) is 24.3 Å². The van der Waals surface area contributed by atoms with Gasteiger partial charge in [0.1, 0.15) is 40.7 Å². The Bertz CT molecular complexity index is 2200. The maximum Gasteiger partial charge on any atom is 0.411 e. The van der Waals surface area contributed by atoms with Gasteiger partial charge in [0.05, 0.1) is 13.2 Å². The van der Waals surface area contributed by atoms with Crippen LogP contribution < -0.4 is 19.5 Å². The number of rotatable bonds is 8. The standard InChI is InChI=1S/C41H51F4N5O9S/c1-23-10-5-6-11-25-20-40(25,36(53)48-60(56,57)39(22-42)15-16-39)47-32(51)30-19-26(59-34-29-13-8-7-12-27(29)28-14-9-17-58-33(28)46-34)21-49(30)35(52)31(24(2)18-23)50(37(54)55)38(3,4)41(43,44)45/h6-8,11-13,23-26,30-31H,5,9-10,14-22H2,1-4H3,(H,47,51)(H,48,53)(H,54,55)/t23-,24+,25+,26+,30-,31-,40+/m0/s1. The number of halogens is 4. The predicted molar refractivity (Wildman–Crippen MR) is 209 cm³/mol. The number of hydrogen-bond donors (Lipinski definition) is 3. The predicted octanol–water partition coefficient (Wildman–Crippen LogP) is 5.43. The second kappa shape index (κ2) is 15.7. The van der Waals surface area contributed by atoms with Crippen LogP contribution in [0.2, 0.25) is 0 Å². The Labute approximate surface area is 345 Å². The molecule has 2 saturated carbocycles. The monoisotopic (exact) mass is 865 g/mol. The summed E-state index contributed by atoms with van der Waals surface area (Å²) < 4.78 is 97.1. The van der Waals surface area contributed by atoms with Crippen LogP contribution >= 0.6 is 0 Å². The summed E-state index contributed by atoms with van der Waals surface area (Å²) >= 11 is 0. The number of ether oxygens (including phenoxy) is 2. The molecule has 7 atom stereocenters. The van der Waals surface area contributed by atoms with Gasteiger partial charge in [0, 0.05) is 23.3 Å². The number of nitrogens with one attached hydrogen (secondary N) is 2. The molecule has 7 rings (SSSR count). The lowest BCUT2D eigenvalue weighted by atomic mass is 9.85. The van der Waals surface area contributed by atoms with Crippen molar-refractivity contribution in [3.8, 4) is 11.8 Å². The molecule has 5 aliphatic rings. The van der Waals surface area contributed by atoms with E-state index in [2.05, 4.69) is 10.3 Å². The average molecular weight is 866 g/mol. The third kappa shape index (κ3) is 7.74. The van der Waals surface area contributed by atoms with Crippen molar-refractivity contribution < 1.29 is 59.7 Å². The van der Waals surface area contributed by atoms with E-state index >= 15 is 4.79 Å². The molecule has 2 aliphatic carbocycles. The van der Waals surface area contributed by atoms with Crippen molar-refractivity contribution in [3.63, 3.8) is 0 Å². The second-order valence-corrected chi connectivity index (χ2v) is 19.8. The second-order valence-electron chi connectivity index (χ2n) is 17.7. The number of amides is 4. The van der Waals surface area contributed by atoms with Gasteiger partial charge >= 0.3 is 12.3 Å². The minimum atomic E-state index is -5.12. The van der Waals surface area contributed by atoms with E-state index in [0.717, 1.165) is 22.3 Å². The van der Waals surface area contributed by atoms with E-state index in [0.29, 0.717) is 51.0 Å². The van der Waals surface area contributed by atoms with Gasteiger partial charge in [-0.25, -0.2) is 17.6 Å². The topological polar surface area (TPSA) is 185 Å². The molecule has 3 fully saturated rings. The number of carboxylic acid groups (broad SMARTS) is 1. The summed E-state index contributed by atoms with van der Waals surface area (Å²) in [5, 5.41) is 14.6. The Kier molecular flexibility index (Phi) is 11.3. The van der Waals surface area contributed by atoms with Crippen LogP contribution in [0.4, 0.5) is 22.4 Å². The molecule has 14 nitrogen and oxygen atoms in total. The number of fused-ring (bicyclic) bond motifs is 5. The van der Waals surface area contributed by atoms with E-state index in [-0.39, 0.29) is 55.3 Å². The van der Waals surface area contributed by atoms with E-state index in [1.807, 2.05) is 23.8 Å². The molecule has 328 valence electrons. The number of allylic oxidation sites excluding steroid dienone is 1. The number of pyridine rings is 1. The van der Waals surface area contributed by atoms with Crippen LogP contribution in [0.5, 0.6) is 11.8 Å². The van der Waals surface area contributed by atoms with Gasteiger partial charge in [-0.15, -0.1) is 0 Å². The first kappa shape index (κ1) is 43.4. The number of hydrogen-bond acceptors (Lipinski definition) is 9. The van der Waals surface area contributed by atoms with Crippen LogP contribution in [0.1, 0.15) is 84.6 Å². The van der Waals surface area contributed by atoms with Crippen molar-refractivity contribution in [3.05, 3.63) is 42.0 Å². The Morgan fingerprint density at radius 1 is 1.13 bits per heavy atom. The smallest absolute Gasteiger partial charge is 0.411 e. The fraction of sp³-hybridized carbons (Fsp3) is 0.634. The van der Waals surface area contributed by atoms with Crippen LogP contribution in [-0.4, -0.2) is 112 Å². The van der Waals surface area contributed by atoms with E-state index in [1.165, 1.54) is 6.92 Å². The molecule has 4 heterocycles. The fourth-order valence-corrected chi connectivity index (χ4v) is 10.5. The summed E-state index contributed by atoms with van der Waals surface area (Å²) in [4.78, 5) is 62.4. The average Bonchev–Trinajstić information content (AvgIpc) is 4.09. The SMILES string of the molecule is C[C@H]1CCC=C[C@@H]2C[C@@]2(C(=O)NS(=O)(=O)C2(CF)CC2)NC(=O)[C@@H]2C[C@@H](Oc3nc4c(c5ccccc35)CCCO4)CN2C(=O)[C@@H](N(C(=O)O)C(C)(C)C(F)(F)F)[C@H](C)C1. The summed E-state index contributed by atoms with van der Waals surface area (Å²) in [7, 11) is -4.51. The number of aryl methyl sites for hydroxylation is 1. The third-order valence-electron chi connectivity index (χ3n) is 13.0. The highest BCUT2D eigenvalue weighted by atomic mass is 32.2. The van der Waals surface area contributed by atoms with Gasteiger partial charge in [0.25, 0.3) is 5.91 Å². The van der Waals surface area contributed by atoms with Crippen LogP contribution in [-0.2, 0) is 30.8 Å². The number of carbonyl (C=O) groups is 4.